The molecule has 0 bridgehead atoms. The minimum Gasteiger partial charge on any atom is -0.352 e. The number of hydrogen-bond donors (Lipinski definition) is 3. The van der Waals surface area contributed by atoms with Crippen molar-refractivity contribution >= 4 is 28.3 Å². The predicted molar refractivity (Wildman–Crippen MR) is 135 cm³/mol. The SMILES string of the molecule is NC1CN(c2cncc(-c3ccc4[nH]nc(C(=O)Nc5cncc(-c6cccc(F)c6)c5)c4c3)n2)C1. The van der Waals surface area contributed by atoms with Gasteiger partial charge in [0.15, 0.2) is 5.69 Å². The Balaban J connectivity index is 1.27. The maximum Gasteiger partial charge on any atom is 0.276 e. The van der Waals surface area contributed by atoms with E-state index in [-0.39, 0.29) is 17.6 Å². The number of aromatic amines is 1. The summed E-state index contributed by atoms with van der Waals surface area (Å²) >= 11 is 0. The number of benzene rings is 2. The number of nitrogens with two attached hydrogens (primary N) is 1. The number of fused-ring (bicyclic) bond motifs is 1. The molecule has 5 aromatic rings. The second kappa shape index (κ2) is 8.82. The summed E-state index contributed by atoms with van der Waals surface area (Å²) in [4.78, 5) is 28.4. The van der Waals surface area contributed by atoms with Crippen molar-refractivity contribution in [2.75, 3.05) is 23.3 Å². The van der Waals surface area contributed by atoms with Gasteiger partial charge in [-0.05, 0) is 35.9 Å². The van der Waals surface area contributed by atoms with Crippen LogP contribution in [0.3, 0.4) is 0 Å². The smallest absolute Gasteiger partial charge is 0.276 e. The van der Waals surface area contributed by atoms with E-state index < -0.39 is 5.91 Å². The molecule has 10 heteroatoms. The highest BCUT2D eigenvalue weighted by Crippen LogP contribution is 2.27. The van der Waals surface area contributed by atoms with Gasteiger partial charge < -0.3 is 16.0 Å². The van der Waals surface area contributed by atoms with Crippen molar-refractivity contribution < 1.29 is 9.18 Å². The van der Waals surface area contributed by atoms with Gasteiger partial charge in [-0.2, -0.15) is 5.10 Å². The number of hydrogen-bond acceptors (Lipinski definition) is 7. The third kappa shape index (κ3) is 4.14. The van der Waals surface area contributed by atoms with Crippen LogP contribution in [0.2, 0.25) is 0 Å². The van der Waals surface area contributed by atoms with Crippen LogP contribution < -0.4 is 16.0 Å². The predicted octanol–water partition coefficient (Wildman–Crippen LogP) is 3.62. The molecule has 2 aromatic carbocycles. The summed E-state index contributed by atoms with van der Waals surface area (Å²) in [6, 6.07) is 13.7. The summed E-state index contributed by atoms with van der Waals surface area (Å²) in [5.74, 6) is 0.0283. The molecule has 1 amide bonds. The third-order valence-corrected chi connectivity index (χ3v) is 6.08. The van der Waals surface area contributed by atoms with Crippen molar-refractivity contribution in [3.05, 3.63) is 84.8 Å². The Labute approximate surface area is 205 Å². The second-order valence-corrected chi connectivity index (χ2v) is 8.69. The molecule has 6 rings (SSSR count). The molecule has 1 saturated heterocycles. The van der Waals surface area contributed by atoms with Gasteiger partial charge in [0.05, 0.1) is 35.5 Å². The largest absolute Gasteiger partial charge is 0.352 e. The highest BCUT2D eigenvalue weighted by molar-refractivity contribution is 6.11. The van der Waals surface area contributed by atoms with Crippen molar-refractivity contribution in [1.82, 2.24) is 25.1 Å². The van der Waals surface area contributed by atoms with E-state index >= 15 is 0 Å². The van der Waals surface area contributed by atoms with E-state index in [0.717, 1.165) is 24.5 Å². The highest BCUT2D eigenvalue weighted by atomic mass is 19.1. The molecule has 0 saturated carbocycles. The minimum atomic E-state index is -0.397. The summed E-state index contributed by atoms with van der Waals surface area (Å²) in [7, 11) is 0. The summed E-state index contributed by atoms with van der Waals surface area (Å²) in [5.41, 5.74) is 10.2. The first kappa shape index (κ1) is 21.8. The molecule has 0 aliphatic carbocycles. The van der Waals surface area contributed by atoms with Gasteiger partial charge in [-0.25, -0.2) is 9.37 Å². The van der Waals surface area contributed by atoms with Crippen LogP contribution in [0.5, 0.6) is 0 Å². The van der Waals surface area contributed by atoms with Gasteiger partial charge in [0.1, 0.15) is 11.6 Å². The molecular formula is C26H21FN8O. The Hall–Kier alpha value is -4.70. The number of amides is 1. The molecule has 1 aliphatic heterocycles. The van der Waals surface area contributed by atoms with Crippen LogP contribution >= 0.6 is 0 Å². The van der Waals surface area contributed by atoms with Crippen molar-refractivity contribution in [3.63, 3.8) is 0 Å². The summed E-state index contributed by atoms with van der Waals surface area (Å²) < 4.78 is 13.6. The summed E-state index contributed by atoms with van der Waals surface area (Å²) in [6.45, 7) is 1.50. The number of aromatic nitrogens is 5. The fourth-order valence-electron chi connectivity index (χ4n) is 4.22. The zero-order valence-corrected chi connectivity index (χ0v) is 19.0. The van der Waals surface area contributed by atoms with Crippen molar-refractivity contribution in [2.24, 2.45) is 5.73 Å². The standard InChI is InChI=1S/C26H21FN8O/c27-18-3-1-2-15(6-18)17-7-20(10-29-9-17)31-26(36)25-21-8-16(4-5-22(21)33-34-25)23-11-30-12-24(32-23)35-13-19(28)14-35/h1-12,19H,13-14,28H2,(H,31,36)(H,33,34). The molecule has 0 radical (unpaired) electrons. The molecule has 1 fully saturated rings. The number of pyridine rings is 1. The molecule has 36 heavy (non-hydrogen) atoms. The number of nitrogens with zero attached hydrogens (tertiary/aromatic N) is 5. The zero-order chi connectivity index (χ0) is 24.6. The second-order valence-electron chi connectivity index (χ2n) is 8.69. The Kier molecular flexibility index (Phi) is 5.34. The van der Waals surface area contributed by atoms with Gasteiger partial charge in [0.2, 0.25) is 0 Å². The van der Waals surface area contributed by atoms with Gasteiger partial charge in [-0.1, -0.05) is 18.2 Å². The molecule has 178 valence electrons. The van der Waals surface area contributed by atoms with E-state index in [1.165, 1.54) is 18.3 Å². The first-order chi connectivity index (χ1) is 17.5. The van der Waals surface area contributed by atoms with Gasteiger partial charge in [0, 0.05) is 41.8 Å². The summed E-state index contributed by atoms with van der Waals surface area (Å²) in [6.07, 6.45) is 6.55. The number of anilines is 2. The monoisotopic (exact) mass is 480 g/mol. The lowest BCUT2D eigenvalue weighted by atomic mass is 10.1. The van der Waals surface area contributed by atoms with Crippen LogP contribution in [0.4, 0.5) is 15.9 Å². The van der Waals surface area contributed by atoms with Crippen LogP contribution in [-0.4, -0.2) is 50.2 Å². The van der Waals surface area contributed by atoms with Gasteiger partial charge in [0.25, 0.3) is 5.91 Å². The molecule has 0 atom stereocenters. The Morgan fingerprint density at radius 1 is 1.00 bits per heavy atom. The number of H-pyrrole nitrogens is 1. The number of halogens is 1. The van der Waals surface area contributed by atoms with E-state index in [9.17, 15) is 9.18 Å². The number of carbonyl (C=O) groups is 1. The van der Waals surface area contributed by atoms with Gasteiger partial charge in [-0.15, -0.1) is 0 Å². The van der Waals surface area contributed by atoms with Crippen LogP contribution in [0.1, 0.15) is 10.5 Å². The maximum absolute atomic E-state index is 13.6. The van der Waals surface area contributed by atoms with Crippen LogP contribution in [-0.2, 0) is 0 Å². The minimum absolute atomic E-state index is 0.156. The summed E-state index contributed by atoms with van der Waals surface area (Å²) in [5, 5.41) is 10.6. The lowest BCUT2D eigenvalue weighted by Gasteiger charge is -2.37. The average molecular weight is 481 g/mol. The topological polar surface area (TPSA) is 126 Å². The fraction of sp³-hybridized carbons (Fsp3) is 0.115. The first-order valence-corrected chi connectivity index (χ1v) is 11.4. The van der Waals surface area contributed by atoms with Crippen molar-refractivity contribution in [3.8, 4) is 22.4 Å². The molecule has 1 aliphatic rings. The van der Waals surface area contributed by atoms with Crippen molar-refractivity contribution in [1.29, 1.82) is 0 Å². The molecule has 0 unspecified atom stereocenters. The Morgan fingerprint density at radius 3 is 2.69 bits per heavy atom. The lowest BCUT2D eigenvalue weighted by Crippen LogP contribution is -2.56. The zero-order valence-electron chi connectivity index (χ0n) is 19.0. The molecule has 9 nitrogen and oxygen atoms in total. The van der Waals surface area contributed by atoms with Gasteiger partial charge >= 0.3 is 0 Å². The van der Waals surface area contributed by atoms with Crippen LogP contribution in [0.25, 0.3) is 33.3 Å². The molecule has 4 heterocycles. The quantitative estimate of drug-likeness (QED) is 0.351. The molecule has 4 N–H and O–H groups in total. The number of rotatable bonds is 5. The first-order valence-electron chi connectivity index (χ1n) is 11.4. The van der Waals surface area contributed by atoms with E-state index in [0.29, 0.717) is 33.4 Å². The molecule has 3 aromatic heterocycles. The van der Waals surface area contributed by atoms with Crippen LogP contribution in [0.15, 0.2) is 73.3 Å². The maximum atomic E-state index is 13.6. The van der Waals surface area contributed by atoms with Crippen LogP contribution in [0, 0.1) is 5.82 Å². The molecular weight excluding hydrogens is 459 g/mol. The lowest BCUT2D eigenvalue weighted by molar-refractivity contribution is 0.102. The van der Waals surface area contributed by atoms with E-state index in [1.54, 1.807) is 36.8 Å². The van der Waals surface area contributed by atoms with Crippen molar-refractivity contribution in [2.45, 2.75) is 6.04 Å². The number of carbonyl (C=O) groups excluding carboxylic acids is 1. The third-order valence-electron chi connectivity index (χ3n) is 6.08. The normalized spacial score (nSPS) is 13.6. The number of nitrogens with one attached hydrogen (secondary N) is 2. The molecule has 0 spiro atoms. The Bertz CT molecular complexity index is 1590. The fourth-order valence-corrected chi connectivity index (χ4v) is 4.22. The highest BCUT2D eigenvalue weighted by Gasteiger charge is 2.24. The van der Waals surface area contributed by atoms with E-state index in [4.69, 9.17) is 10.7 Å². The van der Waals surface area contributed by atoms with E-state index in [1.807, 2.05) is 18.2 Å². The van der Waals surface area contributed by atoms with E-state index in [2.05, 4.69) is 30.4 Å². The average Bonchev–Trinajstić information content (AvgIpc) is 3.31. The van der Waals surface area contributed by atoms with Gasteiger partial charge in [-0.3, -0.25) is 19.9 Å². The Morgan fingerprint density at radius 2 is 1.86 bits per heavy atom.